The van der Waals surface area contributed by atoms with E-state index in [0.29, 0.717) is 10.6 Å². The van der Waals surface area contributed by atoms with E-state index in [0.717, 1.165) is 3.79 Å². The van der Waals surface area contributed by atoms with Gasteiger partial charge in [-0.2, -0.15) is 0 Å². The molecule has 1 unspecified atom stereocenters. The molecule has 1 aromatic heterocycles. The number of likely N-dealkylation sites (N-methyl/N-ethyl adjacent to an activating group) is 1. The molecule has 6 heteroatoms. The maximum atomic E-state index is 12.0. The summed E-state index contributed by atoms with van der Waals surface area (Å²) in [5, 5.41) is 8.98. The molecule has 0 radical (unpaired) electrons. The van der Waals surface area contributed by atoms with E-state index in [1.807, 2.05) is 0 Å². The molecular weight excluding hydrogens is 294 g/mol. The first-order valence-corrected chi connectivity index (χ1v) is 6.33. The fraction of sp³-hybridized carbons (Fsp3) is 0.500. The molecule has 0 saturated heterocycles. The molecule has 0 fully saturated rings. The second kappa shape index (κ2) is 5.65. The lowest BCUT2D eigenvalue weighted by molar-refractivity contribution is 0.0687. The Morgan fingerprint density at radius 1 is 1.75 bits per heavy atom. The first kappa shape index (κ1) is 13.5. The van der Waals surface area contributed by atoms with E-state index in [1.54, 1.807) is 27.1 Å². The van der Waals surface area contributed by atoms with Gasteiger partial charge in [0, 0.05) is 13.1 Å². The van der Waals surface area contributed by atoms with E-state index in [1.165, 1.54) is 16.2 Å². The molecule has 0 saturated carbocycles. The number of carbonyl (C=O) groups excluding carboxylic acids is 1. The van der Waals surface area contributed by atoms with Gasteiger partial charge in [0.25, 0.3) is 5.91 Å². The van der Waals surface area contributed by atoms with E-state index >= 15 is 0 Å². The van der Waals surface area contributed by atoms with Gasteiger partial charge in [-0.05, 0) is 22.9 Å². The third kappa shape index (κ3) is 2.75. The largest absolute Gasteiger partial charge is 0.495 e. The van der Waals surface area contributed by atoms with Gasteiger partial charge in [-0.25, -0.2) is 0 Å². The Labute approximate surface area is 107 Å². The van der Waals surface area contributed by atoms with Crippen LogP contribution in [0, 0.1) is 0 Å². The summed E-state index contributed by atoms with van der Waals surface area (Å²) in [5.41, 5.74) is 0. The molecule has 0 bridgehead atoms. The molecule has 1 aromatic rings. The fourth-order valence-corrected chi connectivity index (χ4v) is 2.73. The maximum Gasteiger partial charge on any atom is 0.264 e. The molecule has 1 N–H and O–H groups in total. The zero-order valence-electron chi connectivity index (χ0n) is 9.36. The van der Waals surface area contributed by atoms with Crippen LogP contribution < -0.4 is 4.74 Å². The molecule has 1 atom stereocenters. The number of amides is 1. The van der Waals surface area contributed by atoms with Crippen molar-refractivity contribution in [3.8, 4) is 5.75 Å². The number of thiophene rings is 1. The fourth-order valence-electron chi connectivity index (χ4n) is 1.09. The number of aliphatic hydroxyl groups is 1. The van der Waals surface area contributed by atoms with Crippen LogP contribution in [0.4, 0.5) is 0 Å². The lowest BCUT2D eigenvalue weighted by Gasteiger charge is -2.22. The van der Waals surface area contributed by atoms with Crippen LogP contribution in [0.5, 0.6) is 5.75 Å². The molecule has 0 spiro atoms. The van der Waals surface area contributed by atoms with Gasteiger partial charge >= 0.3 is 0 Å². The third-order valence-corrected chi connectivity index (χ3v) is 4.10. The van der Waals surface area contributed by atoms with Gasteiger partial charge in [0.1, 0.15) is 9.54 Å². The number of hydrogen-bond acceptors (Lipinski definition) is 4. The van der Waals surface area contributed by atoms with Crippen molar-refractivity contribution in [1.29, 1.82) is 0 Å². The number of rotatable bonds is 4. The second-order valence-corrected chi connectivity index (χ2v) is 5.77. The average molecular weight is 308 g/mol. The lowest BCUT2D eigenvalue weighted by atomic mass is 10.3. The predicted octanol–water partition coefficient (Wildman–Crippen LogP) is 1.97. The number of aliphatic hydroxyl groups excluding tert-OH is 1. The lowest BCUT2D eigenvalue weighted by Crippen LogP contribution is -2.36. The zero-order chi connectivity index (χ0) is 12.3. The number of methoxy groups -OCH3 is 1. The standard InChI is InChI=1S/C10H14BrNO3S/c1-6(5-13)12(2)10(14)8-4-7(15-3)9(11)16-8/h4,6,13H,5H2,1-3H3. The summed E-state index contributed by atoms with van der Waals surface area (Å²) in [6.45, 7) is 1.74. The van der Waals surface area contributed by atoms with Gasteiger partial charge in [-0.15, -0.1) is 11.3 Å². The first-order valence-electron chi connectivity index (χ1n) is 4.72. The number of hydrogen-bond donors (Lipinski definition) is 1. The van der Waals surface area contributed by atoms with Crippen molar-refractivity contribution in [1.82, 2.24) is 4.90 Å². The number of ether oxygens (including phenoxy) is 1. The second-order valence-electron chi connectivity index (χ2n) is 3.40. The Balaban J connectivity index is 2.88. The third-order valence-electron chi connectivity index (χ3n) is 2.33. The van der Waals surface area contributed by atoms with Gasteiger partial charge in [-0.1, -0.05) is 0 Å². The van der Waals surface area contributed by atoms with Gasteiger partial charge in [-0.3, -0.25) is 4.79 Å². The zero-order valence-corrected chi connectivity index (χ0v) is 11.8. The van der Waals surface area contributed by atoms with Crippen molar-refractivity contribution in [3.05, 3.63) is 14.7 Å². The maximum absolute atomic E-state index is 12.0. The Hall–Kier alpha value is -0.590. The minimum atomic E-state index is -0.195. The van der Waals surface area contributed by atoms with Gasteiger partial charge in [0.15, 0.2) is 0 Å². The molecular formula is C10H14BrNO3S. The summed E-state index contributed by atoms with van der Waals surface area (Å²) < 4.78 is 5.88. The number of carbonyl (C=O) groups is 1. The quantitative estimate of drug-likeness (QED) is 0.925. The Morgan fingerprint density at radius 3 is 2.81 bits per heavy atom. The Bertz CT molecular complexity index is 380. The van der Waals surface area contributed by atoms with Crippen molar-refractivity contribution in [3.63, 3.8) is 0 Å². The van der Waals surface area contributed by atoms with Crippen LogP contribution in [0.2, 0.25) is 0 Å². The summed E-state index contributed by atoms with van der Waals surface area (Å²) in [6.07, 6.45) is 0. The predicted molar refractivity (Wildman–Crippen MR) is 67.2 cm³/mol. The number of nitrogens with zero attached hydrogens (tertiary/aromatic N) is 1. The van der Waals surface area contributed by atoms with Gasteiger partial charge < -0.3 is 14.7 Å². The molecule has 1 heterocycles. The van der Waals surface area contributed by atoms with Crippen molar-refractivity contribution in [2.75, 3.05) is 20.8 Å². The molecule has 1 amide bonds. The Kier molecular flexibility index (Phi) is 4.76. The topological polar surface area (TPSA) is 49.8 Å². The van der Waals surface area contributed by atoms with E-state index in [4.69, 9.17) is 9.84 Å². The van der Waals surface area contributed by atoms with Crippen molar-refractivity contribution in [2.24, 2.45) is 0 Å². The molecule has 0 aliphatic heterocycles. The van der Waals surface area contributed by atoms with Crippen LogP contribution in [-0.4, -0.2) is 42.7 Å². The van der Waals surface area contributed by atoms with Crippen molar-refractivity contribution < 1.29 is 14.6 Å². The molecule has 0 aliphatic rings. The van der Waals surface area contributed by atoms with E-state index < -0.39 is 0 Å². The highest BCUT2D eigenvalue weighted by atomic mass is 79.9. The Morgan fingerprint density at radius 2 is 2.38 bits per heavy atom. The normalized spacial score (nSPS) is 12.3. The highest BCUT2D eigenvalue weighted by molar-refractivity contribution is 9.11. The van der Waals surface area contributed by atoms with Crippen LogP contribution >= 0.6 is 27.3 Å². The average Bonchev–Trinajstić information content (AvgIpc) is 2.67. The summed E-state index contributed by atoms with van der Waals surface area (Å²) >= 11 is 4.64. The van der Waals surface area contributed by atoms with Crippen LogP contribution in [0.25, 0.3) is 0 Å². The van der Waals surface area contributed by atoms with Gasteiger partial charge in [0.05, 0.1) is 24.6 Å². The monoisotopic (exact) mass is 307 g/mol. The molecule has 0 aliphatic carbocycles. The van der Waals surface area contributed by atoms with Gasteiger partial charge in [0.2, 0.25) is 0 Å². The molecule has 4 nitrogen and oxygen atoms in total. The summed E-state index contributed by atoms with van der Waals surface area (Å²) in [6, 6.07) is 1.50. The summed E-state index contributed by atoms with van der Waals surface area (Å²) in [7, 11) is 3.23. The van der Waals surface area contributed by atoms with Crippen LogP contribution in [-0.2, 0) is 0 Å². The summed E-state index contributed by atoms with van der Waals surface area (Å²) in [4.78, 5) is 14.1. The number of halogens is 1. The molecule has 0 aromatic carbocycles. The molecule has 90 valence electrons. The SMILES string of the molecule is COc1cc(C(=O)N(C)C(C)CO)sc1Br. The highest BCUT2D eigenvalue weighted by Gasteiger charge is 2.20. The van der Waals surface area contributed by atoms with Crippen LogP contribution in [0.15, 0.2) is 9.85 Å². The highest BCUT2D eigenvalue weighted by Crippen LogP contribution is 2.34. The van der Waals surface area contributed by atoms with E-state index in [2.05, 4.69) is 15.9 Å². The summed E-state index contributed by atoms with van der Waals surface area (Å²) in [5.74, 6) is 0.536. The van der Waals surface area contributed by atoms with E-state index in [-0.39, 0.29) is 18.6 Å². The van der Waals surface area contributed by atoms with Crippen molar-refractivity contribution >= 4 is 33.2 Å². The smallest absolute Gasteiger partial charge is 0.264 e. The van der Waals surface area contributed by atoms with Crippen LogP contribution in [0.1, 0.15) is 16.6 Å². The van der Waals surface area contributed by atoms with E-state index in [9.17, 15) is 4.79 Å². The van der Waals surface area contributed by atoms with Crippen molar-refractivity contribution in [2.45, 2.75) is 13.0 Å². The van der Waals surface area contributed by atoms with Crippen LogP contribution in [0.3, 0.4) is 0 Å². The molecule has 1 rings (SSSR count). The minimum Gasteiger partial charge on any atom is -0.495 e. The molecule has 16 heavy (non-hydrogen) atoms. The minimum absolute atomic E-state index is 0.0497. The first-order chi connectivity index (χ1) is 7.51.